The molecular formula is C11H25NOS. The van der Waals surface area contributed by atoms with Crippen LogP contribution in [0.15, 0.2) is 0 Å². The Labute approximate surface area is 93.0 Å². The molecule has 0 fully saturated rings. The first-order valence-electron chi connectivity index (χ1n) is 5.54. The highest BCUT2D eigenvalue weighted by molar-refractivity contribution is 7.99. The van der Waals surface area contributed by atoms with E-state index < -0.39 is 0 Å². The van der Waals surface area contributed by atoms with Gasteiger partial charge in [-0.15, -0.1) is 0 Å². The van der Waals surface area contributed by atoms with E-state index in [1.807, 2.05) is 11.8 Å². The van der Waals surface area contributed by atoms with Crippen LogP contribution in [0.1, 0.15) is 33.6 Å². The van der Waals surface area contributed by atoms with Crippen LogP contribution in [0.25, 0.3) is 0 Å². The highest BCUT2D eigenvalue weighted by Gasteiger charge is 1.96. The van der Waals surface area contributed by atoms with Gasteiger partial charge in [0, 0.05) is 18.4 Å². The molecule has 3 heteroatoms. The zero-order valence-electron chi connectivity index (χ0n) is 9.79. The predicted octanol–water partition coefficient (Wildman–Crippen LogP) is 2.52. The largest absolute Gasteiger partial charge is 0.381 e. The number of hydrogen-bond acceptors (Lipinski definition) is 3. The van der Waals surface area contributed by atoms with E-state index in [0.29, 0.717) is 6.04 Å². The van der Waals surface area contributed by atoms with Gasteiger partial charge in [0.15, 0.2) is 0 Å². The highest BCUT2D eigenvalue weighted by atomic mass is 32.2. The quantitative estimate of drug-likeness (QED) is 0.605. The fourth-order valence-electron chi connectivity index (χ4n) is 0.910. The summed E-state index contributed by atoms with van der Waals surface area (Å²) in [6.45, 7) is 8.29. The average molecular weight is 219 g/mol. The molecule has 86 valence electrons. The predicted molar refractivity (Wildman–Crippen MR) is 65.9 cm³/mol. The maximum atomic E-state index is 5.64. The lowest BCUT2D eigenvalue weighted by Crippen LogP contribution is -2.15. The van der Waals surface area contributed by atoms with E-state index in [0.717, 1.165) is 37.1 Å². The van der Waals surface area contributed by atoms with Gasteiger partial charge in [-0.05, 0) is 31.4 Å². The molecule has 2 nitrogen and oxygen atoms in total. The Kier molecular flexibility index (Phi) is 10.0. The molecular weight excluding hydrogens is 194 g/mol. The summed E-state index contributed by atoms with van der Waals surface area (Å²) < 4.78 is 5.50. The van der Waals surface area contributed by atoms with Gasteiger partial charge in [0.05, 0.1) is 6.61 Å². The maximum Gasteiger partial charge on any atom is 0.0556 e. The van der Waals surface area contributed by atoms with Crippen LogP contribution in [0.2, 0.25) is 0 Å². The highest BCUT2D eigenvalue weighted by Crippen LogP contribution is 2.04. The molecule has 0 aromatic heterocycles. The molecule has 0 saturated carbocycles. The molecule has 0 amide bonds. The molecule has 2 N–H and O–H groups in total. The molecule has 0 aromatic carbocycles. The second-order valence-electron chi connectivity index (χ2n) is 4.17. The summed E-state index contributed by atoms with van der Waals surface area (Å²) in [5.41, 5.74) is 5.64. The molecule has 0 aliphatic rings. The Hall–Kier alpha value is 0.270. The molecule has 0 aliphatic heterocycles. The van der Waals surface area contributed by atoms with Crippen LogP contribution in [0.3, 0.4) is 0 Å². The Balaban J connectivity index is 2.92. The number of nitrogens with two attached hydrogens (primary N) is 1. The molecule has 0 spiro atoms. The van der Waals surface area contributed by atoms with Gasteiger partial charge in [-0.2, -0.15) is 11.8 Å². The first-order valence-corrected chi connectivity index (χ1v) is 6.69. The zero-order valence-corrected chi connectivity index (χ0v) is 10.6. The molecule has 0 saturated heterocycles. The van der Waals surface area contributed by atoms with E-state index >= 15 is 0 Å². The Morgan fingerprint density at radius 3 is 2.36 bits per heavy atom. The van der Waals surface area contributed by atoms with E-state index in [1.54, 1.807) is 0 Å². The third-order valence-corrected chi connectivity index (χ3v) is 2.91. The van der Waals surface area contributed by atoms with Crippen LogP contribution >= 0.6 is 11.8 Å². The molecule has 0 bridgehead atoms. The molecule has 0 aliphatic carbocycles. The van der Waals surface area contributed by atoms with Crippen molar-refractivity contribution in [1.29, 1.82) is 0 Å². The second kappa shape index (κ2) is 9.81. The smallest absolute Gasteiger partial charge is 0.0556 e. The summed E-state index contributed by atoms with van der Waals surface area (Å²) in [4.78, 5) is 0. The molecule has 0 aromatic rings. The van der Waals surface area contributed by atoms with Gasteiger partial charge in [0.1, 0.15) is 0 Å². The van der Waals surface area contributed by atoms with E-state index in [4.69, 9.17) is 10.5 Å². The first-order chi connectivity index (χ1) is 6.63. The fourth-order valence-corrected chi connectivity index (χ4v) is 1.89. The number of thioether (sulfide) groups is 1. The molecule has 0 rings (SSSR count). The monoisotopic (exact) mass is 219 g/mol. The van der Waals surface area contributed by atoms with Crippen molar-refractivity contribution < 1.29 is 4.74 Å². The molecule has 1 unspecified atom stereocenters. The molecule has 0 heterocycles. The van der Waals surface area contributed by atoms with Crippen molar-refractivity contribution in [2.24, 2.45) is 11.7 Å². The van der Waals surface area contributed by atoms with Crippen molar-refractivity contribution in [3.63, 3.8) is 0 Å². The minimum atomic E-state index is 0.337. The van der Waals surface area contributed by atoms with Gasteiger partial charge >= 0.3 is 0 Å². The topological polar surface area (TPSA) is 35.2 Å². The van der Waals surface area contributed by atoms with Crippen molar-refractivity contribution >= 4 is 11.8 Å². The van der Waals surface area contributed by atoms with Crippen LogP contribution in [0.4, 0.5) is 0 Å². The van der Waals surface area contributed by atoms with E-state index in [9.17, 15) is 0 Å². The van der Waals surface area contributed by atoms with Gasteiger partial charge in [0.2, 0.25) is 0 Å². The lowest BCUT2D eigenvalue weighted by atomic mass is 10.1. The van der Waals surface area contributed by atoms with Crippen LogP contribution in [0.5, 0.6) is 0 Å². The van der Waals surface area contributed by atoms with E-state index in [1.165, 1.54) is 6.42 Å². The minimum Gasteiger partial charge on any atom is -0.381 e. The van der Waals surface area contributed by atoms with Gasteiger partial charge in [-0.1, -0.05) is 13.8 Å². The van der Waals surface area contributed by atoms with Crippen LogP contribution in [-0.2, 0) is 4.74 Å². The Morgan fingerprint density at radius 2 is 1.79 bits per heavy atom. The van der Waals surface area contributed by atoms with Crippen LogP contribution in [0, 0.1) is 5.92 Å². The van der Waals surface area contributed by atoms with Crippen molar-refractivity contribution in [3.8, 4) is 0 Å². The maximum absolute atomic E-state index is 5.64. The third kappa shape index (κ3) is 12.3. The van der Waals surface area contributed by atoms with Gasteiger partial charge < -0.3 is 10.5 Å². The summed E-state index contributed by atoms with van der Waals surface area (Å²) in [5, 5.41) is 0. The Morgan fingerprint density at radius 1 is 1.07 bits per heavy atom. The zero-order chi connectivity index (χ0) is 10.8. The average Bonchev–Trinajstić information content (AvgIpc) is 2.08. The minimum absolute atomic E-state index is 0.337. The van der Waals surface area contributed by atoms with Crippen LogP contribution < -0.4 is 5.73 Å². The van der Waals surface area contributed by atoms with Crippen molar-refractivity contribution in [2.45, 2.75) is 39.7 Å². The lowest BCUT2D eigenvalue weighted by molar-refractivity contribution is 0.138. The second-order valence-corrected chi connectivity index (χ2v) is 5.40. The van der Waals surface area contributed by atoms with Crippen molar-refractivity contribution in [1.82, 2.24) is 0 Å². The summed E-state index contributed by atoms with van der Waals surface area (Å²) >= 11 is 1.94. The van der Waals surface area contributed by atoms with Crippen molar-refractivity contribution in [2.75, 3.05) is 24.7 Å². The van der Waals surface area contributed by atoms with E-state index in [-0.39, 0.29) is 0 Å². The summed E-state index contributed by atoms with van der Waals surface area (Å²) in [6, 6.07) is 0.337. The number of ether oxygens (including phenoxy) is 1. The molecule has 0 radical (unpaired) electrons. The number of hydrogen-bond donors (Lipinski definition) is 1. The van der Waals surface area contributed by atoms with Crippen molar-refractivity contribution in [3.05, 3.63) is 0 Å². The molecule has 1 atom stereocenters. The standard InChI is InChI=1S/C11H25NOS/c1-10(2)4-6-13-7-9-14-8-5-11(3)12/h10-11H,4-9,12H2,1-3H3. The van der Waals surface area contributed by atoms with E-state index in [2.05, 4.69) is 20.8 Å². The summed E-state index contributed by atoms with van der Waals surface area (Å²) in [6.07, 6.45) is 2.28. The fraction of sp³-hybridized carbons (Fsp3) is 1.00. The van der Waals surface area contributed by atoms with Gasteiger partial charge in [-0.25, -0.2) is 0 Å². The third-order valence-electron chi connectivity index (χ3n) is 1.93. The SMILES string of the molecule is CC(C)CCOCCSCCC(C)N. The van der Waals surface area contributed by atoms with Gasteiger partial charge in [-0.3, -0.25) is 0 Å². The number of rotatable bonds is 9. The summed E-state index contributed by atoms with van der Waals surface area (Å²) in [7, 11) is 0. The lowest BCUT2D eigenvalue weighted by Gasteiger charge is -2.07. The molecule has 14 heavy (non-hydrogen) atoms. The Bertz CT molecular complexity index is 104. The normalized spacial score (nSPS) is 13.5. The summed E-state index contributed by atoms with van der Waals surface area (Å²) in [5.74, 6) is 3.01. The van der Waals surface area contributed by atoms with Crippen LogP contribution in [-0.4, -0.2) is 30.8 Å². The van der Waals surface area contributed by atoms with Gasteiger partial charge in [0.25, 0.3) is 0 Å². The first kappa shape index (κ1) is 14.3.